The van der Waals surface area contributed by atoms with E-state index in [1.165, 1.54) is 83.5 Å². The van der Waals surface area contributed by atoms with Gasteiger partial charge in [-0.05, 0) is 128 Å². The lowest BCUT2D eigenvalue weighted by molar-refractivity contribution is -0.167. The first-order valence-electron chi connectivity index (χ1n) is 27.2. The lowest BCUT2D eigenvalue weighted by atomic mass is 10.1. The van der Waals surface area contributed by atoms with E-state index in [0.29, 0.717) is 19.3 Å². The number of rotatable bonds is 48. The first kappa shape index (κ1) is 62.3. The van der Waals surface area contributed by atoms with E-state index in [9.17, 15) is 14.4 Å². The van der Waals surface area contributed by atoms with E-state index in [1.54, 1.807) is 0 Å². The molecule has 0 fully saturated rings. The van der Waals surface area contributed by atoms with Gasteiger partial charge in [0.05, 0.1) is 0 Å². The van der Waals surface area contributed by atoms with Gasteiger partial charge in [0, 0.05) is 19.3 Å². The molecule has 0 aromatic rings. The molecule has 0 aromatic carbocycles. The van der Waals surface area contributed by atoms with Crippen molar-refractivity contribution in [3.05, 3.63) is 97.2 Å². The fourth-order valence-electron chi connectivity index (χ4n) is 7.13. The van der Waals surface area contributed by atoms with Crippen molar-refractivity contribution in [2.24, 2.45) is 0 Å². The maximum absolute atomic E-state index is 12.8. The fourth-order valence-corrected chi connectivity index (χ4v) is 7.13. The molecule has 0 heterocycles. The van der Waals surface area contributed by atoms with Crippen LogP contribution in [0.3, 0.4) is 0 Å². The molecule has 0 spiro atoms. The third kappa shape index (κ3) is 51.3. The van der Waals surface area contributed by atoms with Crippen LogP contribution in [0.4, 0.5) is 0 Å². The van der Waals surface area contributed by atoms with Gasteiger partial charge >= 0.3 is 17.9 Å². The third-order valence-corrected chi connectivity index (χ3v) is 11.3. The standard InChI is InChI=1S/C60H100O6/c1-4-7-10-13-16-19-22-25-27-29-30-32-33-35-38-41-44-47-50-53-59(62)65-56-57(55-64-58(61)52-49-46-43-40-37-24-21-18-15-12-9-6-3)66-60(63)54-51-48-45-42-39-36-34-31-28-26-23-20-17-14-11-8-5-2/h16-21,25-28,30,32,34-36,38,57H,4-15,22-24,29,31,33,37,39-56H2,1-3H3/b19-16-,20-17-,21-18-,27-25-,28-26-,32-30-,36-34-,38-35-/t57-/m1/s1. The van der Waals surface area contributed by atoms with E-state index in [4.69, 9.17) is 14.2 Å². The summed E-state index contributed by atoms with van der Waals surface area (Å²) in [6, 6.07) is 0. The van der Waals surface area contributed by atoms with Crippen LogP contribution in [0, 0.1) is 0 Å². The molecule has 6 nitrogen and oxygen atoms in total. The number of carbonyl (C=O) groups excluding carboxylic acids is 3. The number of unbranched alkanes of at least 4 members (excludes halogenated alkanes) is 21. The molecule has 6 heteroatoms. The summed E-state index contributed by atoms with van der Waals surface area (Å²) in [5, 5.41) is 0. The zero-order valence-corrected chi connectivity index (χ0v) is 42.9. The summed E-state index contributed by atoms with van der Waals surface area (Å²) in [5.74, 6) is -0.966. The van der Waals surface area contributed by atoms with E-state index >= 15 is 0 Å². The Morgan fingerprint density at radius 1 is 0.303 bits per heavy atom. The normalized spacial score (nSPS) is 12.8. The molecule has 0 N–H and O–H groups in total. The van der Waals surface area contributed by atoms with Crippen LogP contribution in [-0.4, -0.2) is 37.2 Å². The maximum atomic E-state index is 12.8. The Morgan fingerprint density at radius 3 is 0.879 bits per heavy atom. The Morgan fingerprint density at radius 2 is 0.545 bits per heavy atom. The van der Waals surface area contributed by atoms with Gasteiger partial charge in [0.15, 0.2) is 6.10 Å². The zero-order chi connectivity index (χ0) is 47.9. The van der Waals surface area contributed by atoms with E-state index in [1.807, 2.05) is 0 Å². The molecule has 0 unspecified atom stereocenters. The summed E-state index contributed by atoms with van der Waals surface area (Å²) >= 11 is 0. The number of ether oxygens (including phenoxy) is 3. The lowest BCUT2D eigenvalue weighted by Crippen LogP contribution is -2.30. The number of allylic oxidation sites excluding steroid dienone is 16. The molecule has 0 aromatic heterocycles. The van der Waals surface area contributed by atoms with Crippen molar-refractivity contribution >= 4 is 17.9 Å². The summed E-state index contributed by atoms with van der Waals surface area (Å²) in [7, 11) is 0. The predicted molar refractivity (Wildman–Crippen MR) is 284 cm³/mol. The Balaban J connectivity index is 4.49. The number of hydrogen-bond donors (Lipinski definition) is 0. The van der Waals surface area contributed by atoms with Gasteiger partial charge in [-0.1, -0.05) is 195 Å². The quantitative estimate of drug-likeness (QED) is 0.0262. The van der Waals surface area contributed by atoms with Crippen molar-refractivity contribution in [2.75, 3.05) is 13.2 Å². The molecular weight excluding hydrogens is 817 g/mol. The van der Waals surface area contributed by atoms with Crippen LogP contribution in [0.15, 0.2) is 97.2 Å². The minimum absolute atomic E-state index is 0.102. The van der Waals surface area contributed by atoms with E-state index in [0.717, 1.165) is 122 Å². The number of esters is 3. The second-order valence-electron chi connectivity index (χ2n) is 17.8. The number of carbonyl (C=O) groups is 3. The lowest BCUT2D eigenvalue weighted by Gasteiger charge is -2.18. The molecule has 0 aliphatic carbocycles. The third-order valence-electron chi connectivity index (χ3n) is 11.3. The smallest absolute Gasteiger partial charge is 0.306 e. The summed E-state index contributed by atoms with van der Waals surface area (Å²) in [4.78, 5) is 38.0. The molecular formula is C60H100O6. The molecule has 0 saturated carbocycles. The van der Waals surface area contributed by atoms with Crippen LogP contribution in [0.1, 0.15) is 245 Å². The van der Waals surface area contributed by atoms with Gasteiger partial charge < -0.3 is 14.2 Å². The molecule has 1 atom stereocenters. The van der Waals surface area contributed by atoms with E-state index in [2.05, 4.69) is 118 Å². The fraction of sp³-hybridized carbons (Fsp3) is 0.683. The monoisotopic (exact) mass is 917 g/mol. The molecule has 0 radical (unpaired) electrons. The molecule has 376 valence electrons. The largest absolute Gasteiger partial charge is 0.462 e. The minimum Gasteiger partial charge on any atom is -0.462 e. The SMILES string of the molecule is CCCCC/C=C\C/C=C\C/C=C\C/C=C\CCCCCC(=O)OC[C@@H](COC(=O)CCCCCCC/C=C\CCCCC)OC(=O)CCCCCC/C=C\C/C=C\C/C=C\CCCCC. The Kier molecular flexibility index (Phi) is 50.9. The van der Waals surface area contributed by atoms with Crippen LogP contribution >= 0.6 is 0 Å². The van der Waals surface area contributed by atoms with Gasteiger partial charge in [-0.15, -0.1) is 0 Å². The van der Waals surface area contributed by atoms with Crippen LogP contribution in [0.25, 0.3) is 0 Å². The first-order chi connectivity index (χ1) is 32.5. The molecule has 66 heavy (non-hydrogen) atoms. The van der Waals surface area contributed by atoms with Crippen molar-refractivity contribution in [3.8, 4) is 0 Å². The van der Waals surface area contributed by atoms with Crippen LogP contribution in [0.5, 0.6) is 0 Å². The zero-order valence-electron chi connectivity index (χ0n) is 42.9. The second-order valence-corrected chi connectivity index (χ2v) is 17.8. The Labute approximate surface area is 407 Å². The minimum atomic E-state index is -0.807. The highest BCUT2D eigenvalue weighted by atomic mass is 16.6. The van der Waals surface area contributed by atoms with Crippen molar-refractivity contribution in [1.82, 2.24) is 0 Å². The molecule has 0 amide bonds. The van der Waals surface area contributed by atoms with Gasteiger partial charge in [-0.25, -0.2) is 0 Å². The highest BCUT2D eigenvalue weighted by Gasteiger charge is 2.19. The summed E-state index contributed by atoms with van der Waals surface area (Å²) < 4.78 is 16.8. The highest BCUT2D eigenvalue weighted by Crippen LogP contribution is 2.13. The van der Waals surface area contributed by atoms with E-state index in [-0.39, 0.29) is 31.1 Å². The van der Waals surface area contributed by atoms with Gasteiger partial charge in [-0.2, -0.15) is 0 Å². The molecule has 0 bridgehead atoms. The van der Waals surface area contributed by atoms with Crippen LogP contribution in [-0.2, 0) is 28.6 Å². The van der Waals surface area contributed by atoms with Crippen molar-refractivity contribution in [3.63, 3.8) is 0 Å². The van der Waals surface area contributed by atoms with Gasteiger partial charge in [0.2, 0.25) is 0 Å². The topological polar surface area (TPSA) is 78.9 Å². The first-order valence-corrected chi connectivity index (χ1v) is 27.2. The van der Waals surface area contributed by atoms with Crippen molar-refractivity contribution in [1.29, 1.82) is 0 Å². The van der Waals surface area contributed by atoms with Crippen molar-refractivity contribution < 1.29 is 28.6 Å². The van der Waals surface area contributed by atoms with Gasteiger partial charge in [-0.3, -0.25) is 14.4 Å². The average molecular weight is 917 g/mol. The summed E-state index contributed by atoms with van der Waals surface area (Å²) in [6.07, 6.45) is 71.0. The van der Waals surface area contributed by atoms with Gasteiger partial charge in [0.25, 0.3) is 0 Å². The molecule has 0 aliphatic rings. The van der Waals surface area contributed by atoms with Crippen molar-refractivity contribution in [2.45, 2.75) is 252 Å². The van der Waals surface area contributed by atoms with Crippen LogP contribution < -0.4 is 0 Å². The highest BCUT2D eigenvalue weighted by molar-refractivity contribution is 5.71. The van der Waals surface area contributed by atoms with E-state index < -0.39 is 6.10 Å². The molecule has 0 saturated heterocycles. The maximum Gasteiger partial charge on any atom is 0.306 e. The Bertz CT molecular complexity index is 1330. The summed E-state index contributed by atoms with van der Waals surface area (Å²) in [5.41, 5.74) is 0. The van der Waals surface area contributed by atoms with Crippen LogP contribution in [0.2, 0.25) is 0 Å². The molecule has 0 aliphatic heterocycles. The average Bonchev–Trinajstić information content (AvgIpc) is 3.31. The molecule has 0 rings (SSSR count). The number of hydrogen-bond acceptors (Lipinski definition) is 6. The predicted octanol–water partition coefficient (Wildman–Crippen LogP) is 18.1. The Hall–Kier alpha value is -3.67. The van der Waals surface area contributed by atoms with Gasteiger partial charge in [0.1, 0.15) is 13.2 Å². The second kappa shape index (κ2) is 53.9. The summed E-state index contributed by atoms with van der Waals surface area (Å²) in [6.45, 7) is 6.50.